The molecule has 1 aromatic carbocycles. The van der Waals surface area contributed by atoms with Gasteiger partial charge in [-0.25, -0.2) is 13.4 Å². The highest BCUT2D eigenvalue weighted by Gasteiger charge is 2.52. The van der Waals surface area contributed by atoms with E-state index in [2.05, 4.69) is 9.97 Å². The van der Waals surface area contributed by atoms with Crippen molar-refractivity contribution in [3.63, 3.8) is 0 Å². The number of sulfonamides is 1. The molecule has 2 heterocycles. The van der Waals surface area contributed by atoms with Gasteiger partial charge in [-0.3, -0.25) is 0 Å². The molecule has 3 rings (SSSR count). The number of alkyl halides is 6. The van der Waals surface area contributed by atoms with Crippen LogP contribution < -0.4 is 4.90 Å². The van der Waals surface area contributed by atoms with Gasteiger partial charge in [-0.15, -0.1) is 0 Å². The molecule has 1 N–H and O–H groups in total. The molecule has 33 heavy (non-hydrogen) atoms. The van der Waals surface area contributed by atoms with Crippen molar-refractivity contribution in [2.24, 2.45) is 5.41 Å². The average molecular weight is 498 g/mol. The van der Waals surface area contributed by atoms with Gasteiger partial charge in [0, 0.05) is 31.0 Å². The van der Waals surface area contributed by atoms with E-state index < -0.39 is 51.8 Å². The topological polar surface area (TPSA) is 69.3 Å². The van der Waals surface area contributed by atoms with Gasteiger partial charge in [0.2, 0.25) is 0 Å². The lowest BCUT2D eigenvalue weighted by Crippen LogP contribution is -2.52. The van der Waals surface area contributed by atoms with E-state index in [4.69, 9.17) is 0 Å². The summed E-state index contributed by atoms with van der Waals surface area (Å²) < 4.78 is 106. The number of nitrogens with zero attached hydrogens (tertiary/aromatic N) is 3. The van der Waals surface area contributed by atoms with E-state index in [9.17, 15) is 34.8 Å². The molecular formula is C20H24F6N4O2S. The lowest BCUT2D eigenvalue weighted by molar-refractivity contribution is -0.138. The summed E-state index contributed by atoms with van der Waals surface area (Å²) >= 11 is 0. The largest absolute Gasteiger partial charge is 0.511 e. The van der Waals surface area contributed by atoms with Crippen molar-refractivity contribution >= 4 is 15.7 Å². The Morgan fingerprint density at radius 1 is 1.12 bits per heavy atom. The van der Waals surface area contributed by atoms with Crippen LogP contribution in [0, 0.1) is 12.3 Å². The first-order valence-corrected chi connectivity index (χ1v) is 11.4. The second-order valence-corrected chi connectivity index (χ2v) is 11.0. The summed E-state index contributed by atoms with van der Waals surface area (Å²) in [7, 11) is -5.80. The van der Waals surface area contributed by atoms with Gasteiger partial charge in [0.25, 0.3) is 0 Å². The first-order valence-electron chi connectivity index (χ1n) is 9.94. The number of aromatic nitrogens is 2. The molecule has 0 bridgehead atoms. The fourth-order valence-electron chi connectivity index (χ4n) is 4.04. The number of anilines is 1. The number of benzene rings is 1. The van der Waals surface area contributed by atoms with Crippen LogP contribution >= 0.6 is 0 Å². The van der Waals surface area contributed by atoms with E-state index in [1.807, 2.05) is 0 Å². The van der Waals surface area contributed by atoms with Gasteiger partial charge in [0.15, 0.2) is 0 Å². The van der Waals surface area contributed by atoms with Crippen LogP contribution in [0.2, 0.25) is 0 Å². The lowest BCUT2D eigenvalue weighted by Gasteiger charge is -2.42. The molecule has 0 aliphatic carbocycles. The maximum atomic E-state index is 13.6. The SMILES string of the molecule is Cc1c(C(F)(F)F)ccc2c1CN(S(=O)(=O)C(F)(F)F)C[C@@H](C(C)(C)C)N2Cc1cnc[nH]1. The summed E-state index contributed by atoms with van der Waals surface area (Å²) in [6, 6.07) is 1.28. The number of aromatic amines is 1. The Kier molecular flexibility index (Phi) is 6.29. The highest BCUT2D eigenvalue weighted by atomic mass is 32.2. The van der Waals surface area contributed by atoms with Gasteiger partial charge >= 0.3 is 21.7 Å². The molecule has 0 unspecified atom stereocenters. The third-order valence-electron chi connectivity index (χ3n) is 5.80. The quantitative estimate of drug-likeness (QED) is 0.616. The summed E-state index contributed by atoms with van der Waals surface area (Å²) in [5, 5.41) is 0. The number of rotatable bonds is 3. The minimum Gasteiger partial charge on any atom is -0.361 e. The zero-order valence-electron chi connectivity index (χ0n) is 18.3. The van der Waals surface area contributed by atoms with Crippen LogP contribution in [0.1, 0.15) is 43.2 Å². The van der Waals surface area contributed by atoms with Crippen LogP contribution in [-0.2, 0) is 29.3 Å². The Bertz CT molecular complexity index is 1110. The van der Waals surface area contributed by atoms with E-state index in [-0.39, 0.29) is 27.7 Å². The van der Waals surface area contributed by atoms with Crippen molar-refractivity contribution in [2.75, 3.05) is 11.4 Å². The zero-order chi connectivity index (χ0) is 25.0. The maximum Gasteiger partial charge on any atom is 0.511 e. The van der Waals surface area contributed by atoms with Crippen LogP contribution in [0.3, 0.4) is 0 Å². The van der Waals surface area contributed by atoms with Crippen LogP contribution in [0.4, 0.5) is 32.0 Å². The molecule has 13 heteroatoms. The number of hydrogen-bond donors (Lipinski definition) is 1. The minimum absolute atomic E-state index is 0.0830. The predicted molar refractivity (Wildman–Crippen MR) is 110 cm³/mol. The Morgan fingerprint density at radius 2 is 1.76 bits per heavy atom. The third-order valence-corrected chi connectivity index (χ3v) is 7.35. The molecule has 0 spiro atoms. The molecule has 0 saturated heterocycles. The molecule has 184 valence electrons. The van der Waals surface area contributed by atoms with E-state index in [1.165, 1.54) is 18.6 Å². The predicted octanol–water partition coefficient (Wildman–Crippen LogP) is 4.82. The molecule has 1 aromatic heterocycles. The van der Waals surface area contributed by atoms with Gasteiger partial charge in [-0.2, -0.15) is 30.6 Å². The first kappa shape index (κ1) is 25.3. The van der Waals surface area contributed by atoms with E-state index in [1.54, 1.807) is 25.7 Å². The van der Waals surface area contributed by atoms with Gasteiger partial charge in [-0.1, -0.05) is 20.8 Å². The second-order valence-electron chi connectivity index (χ2n) is 9.06. The summed E-state index contributed by atoms with van der Waals surface area (Å²) in [6.07, 6.45) is -1.86. The summed E-state index contributed by atoms with van der Waals surface area (Å²) in [4.78, 5) is 8.45. The summed E-state index contributed by atoms with van der Waals surface area (Å²) in [5.41, 5.74) is -6.98. The highest BCUT2D eigenvalue weighted by molar-refractivity contribution is 7.89. The van der Waals surface area contributed by atoms with Crippen LogP contribution in [0.15, 0.2) is 24.7 Å². The number of H-pyrrole nitrogens is 1. The number of fused-ring (bicyclic) bond motifs is 1. The summed E-state index contributed by atoms with van der Waals surface area (Å²) in [6.45, 7) is 5.03. The molecule has 1 aliphatic heterocycles. The van der Waals surface area contributed by atoms with Crippen molar-refractivity contribution in [1.82, 2.24) is 14.3 Å². The van der Waals surface area contributed by atoms with Crippen molar-refractivity contribution in [3.8, 4) is 0 Å². The third kappa shape index (κ3) is 4.84. The fourth-order valence-corrected chi connectivity index (χ4v) is 4.97. The van der Waals surface area contributed by atoms with Crippen molar-refractivity contribution in [1.29, 1.82) is 0 Å². The maximum absolute atomic E-state index is 13.6. The number of nitrogens with one attached hydrogen (secondary N) is 1. The molecule has 2 aromatic rings. The normalized spacial score (nSPS) is 18.8. The monoisotopic (exact) mass is 498 g/mol. The Hall–Kier alpha value is -2.28. The molecule has 1 aliphatic rings. The van der Waals surface area contributed by atoms with Gasteiger partial charge < -0.3 is 9.88 Å². The van der Waals surface area contributed by atoms with Crippen LogP contribution in [0.25, 0.3) is 0 Å². The van der Waals surface area contributed by atoms with E-state index in [0.29, 0.717) is 5.69 Å². The number of hydrogen-bond acceptors (Lipinski definition) is 4. The fraction of sp³-hybridized carbons (Fsp3) is 0.550. The van der Waals surface area contributed by atoms with Crippen molar-refractivity contribution < 1.29 is 34.8 Å². The minimum atomic E-state index is -5.80. The average Bonchev–Trinajstić information content (AvgIpc) is 3.08. The van der Waals surface area contributed by atoms with Crippen LogP contribution in [-0.4, -0.2) is 40.8 Å². The van der Waals surface area contributed by atoms with Gasteiger partial charge in [0.1, 0.15) is 0 Å². The second kappa shape index (κ2) is 8.19. The molecule has 0 radical (unpaired) electrons. The summed E-state index contributed by atoms with van der Waals surface area (Å²) in [5.74, 6) is 0. The zero-order valence-corrected chi connectivity index (χ0v) is 19.2. The molecule has 6 nitrogen and oxygen atoms in total. The van der Waals surface area contributed by atoms with Crippen molar-refractivity contribution in [3.05, 3.63) is 47.0 Å². The molecule has 1 atom stereocenters. The Morgan fingerprint density at radius 3 is 2.24 bits per heavy atom. The van der Waals surface area contributed by atoms with Crippen molar-refractivity contribution in [2.45, 2.75) is 58.5 Å². The molecular weight excluding hydrogens is 474 g/mol. The van der Waals surface area contributed by atoms with E-state index >= 15 is 0 Å². The molecule has 0 fully saturated rings. The highest BCUT2D eigenvalue weighted by Crippen LogP contribution is 2.43. The number of halogens is 6. The lowest BCUT2D eigenvalue weighted by atomic mass is 9.85. The standard InChI is InChI=1S/C20H24F6N4O2S/c1-12-14-9-29(33(31,32)20(24,25)26)10-17(18(2,3)4)30(8-13-7-27-11-28-13)16(14)6-5-15(12)19(21,22)23/h5-7,11,17H,8-10H2,1-4H3,(H,27,28)/t17-/m0/s1. The van der Waals surface area contributed by atoms with Crippen LogP contribution in [0.5, 0.6) is 0 Å². The van der Waals surface area contributed by atoms with Gasteiger partial charge in [-0.05, 0) is 35.6 Å². The van der Waals surface area contributed by atoms with Gasteiger partial charge in [0.05, 0.1) is 24.1 Å². The Labute approximate surface area is 187 Å². The smallest absolute Gasteiger partial charge is 0.361 e. The van der Waals surface area contributed by atoms with E-state index in [0.717, 1.165) is 13.0 Å². The number of imidazole rings is 1. The first-order chi connectivity index (χ1) is 14.9. The molecule has 0 amide bonds. The Balaban J connectivity index is 2.29. The molecule has 0 saturated carbocycles.